The molecule has 0 spiro atoms. The van der Waals surface area contributed by atoms with Crippen LogP contribution >= 0.6 is 11.6 Å². The minimum atomic E-state index is -4.01. The summed E-state index contributed by atoms with van der Waals surface area (Å²) >= 11 is 6.66. The lowest BCUT2D eigenvalue weighted by Gasteiger charge is -2.11. The van der Waals surface area contributed by atoms with Gasteiger partial charge >= 0.3 is 0 Å². The average Bonchev–Trinajstić information content (AvgIpc) is 3.23. The number of aryl methyl sites for hydroxylation is 2. The van der Waals surface area contributed by atoms with Crippen molar-refractivity contribution in [1.82, 2.24) is 14.3 Å². The third-order valence-corrected chi connectivity index (χ3v) is 8.13. The van der Waals surface area contributed by atoms with Gasteiger partial charge in [0, 0.05) is 10.6 Å². The zero-order chi connectivity index (χ0) is 27.6. The van der Waals surface area contributed by atoms with Gasteiger partial charge in [-0.15, -0.1) is 0 Å². The van der Waals surface area contributed by atoms with Gasteiger partial charge in [0.1, 0.15) is 5.82 Å². The second kappa shape index (κ2) is 10.9. The fourth-order valence-electron chi connectivity index (χ4n) is 4.26. The van der Waals surface area contributed by atoms with E-state index in [1.54, 1.807) is 30.3 Å². The number of carbonyl (C=O) groups is 1. The number of halogens is 1. The Bertz CT molecular complexity index is 1810. The summed E-state index contributed by atoms with van der Waals surface area (Å²) in [5.41, 5.74) is 5.52. The lowest BCUT2D eigenvalue weighted by Crippen LogP contribution is -2.30. The van der Waals surface area contributed by atoms with Crippen LogP contribution in [0.25, 0.3) is 23.2 Å². The van der Waals surface area contributed by atoms with Gasteiger partial charge in [-0.25, -0.2) is 18.1 Å². The molecular formula is C31H26ClN3O3S. The molecule has 0 saturated heterocycles. The van der Waals surface area contributed by atoms with Crippen molar-refractivity contribution in [1.29, 1.82) is 0 Å². The van der Waals surface area contributed by atoms with Gasteiger partial charge in [0.2, 0.25) is 0 Å². The lowest BCUT2D eigenvalue weighted by atomic mass is 10.1. The summed E-state index contributed by atoms with van der Waals surface area (Å²) in [7, 11) is -4.01. The smallest absolute Gasteiger partial charge is 0.265 e. The van der Waals surface area contributed by atoms with Crippen LogP contribution in [0.2, 0.25) is 5.02 Å². The monoisotopic (exact) mass is 555 g/mol. The minimum absolute atomic E-state index is 0.0279. The Morgan fingerprint density at radius 2 is 1.62 bits per heavy atom. The molecule has 1 heterocycles. The third kappa shape index (κ3) is 5.95. The second-order valence-electron chi connectivity index (χ2n) is 9.29. The Morgan fingerprint density at radius 1 is 0.897 bits per heavy atom. The first-order valence-corrected chi connectivity index (χ1v) is 14.2. The number of fused-ring (bicyclic) bond motifs is 1. The maximum Gasteiger partial charge on any atom is 0.265 e. The molecule has 0 aliphatic heterocycles. The molecule has 196 valence electrons. The number of hydrogen-bond acceptors (Lipinski definition) is 4. The molecule has 0 aliphatic carbocycles. The van der Waals surface area contributed by atoms with E-state index in [1.165, 1.54) is 12.1 Å². The molecule has 0 unspecified atom stereocenters. The predicted octanol–water partition coefficient (Wildman–Crippen LogP) is 6.64. The van der Waals surface area contributed by atoms with Crippen LogP contribution in [0.3, 0.4) is 0 Å². The van der Waals surface area contributed by atoms with Crippen LogP contribution in [0.4, 0.5) is 0 Å². The fourth-order valence-corrected chi connectivity index (χ4v) is 5.49. The highest BCUT2D eigenvalue weighted by Gasteiger charge is 2.20. The Labute approximate surface area is 232 Å². The quantitative estimate of drug-likeness (QED) is 0.228. The molecular weight excluding hydrogens is 530 g/mol. The van der Waals surface area contributed by atoms with E-state index in [4.69, 9.17) is 11.6 Å². The maximum absolute atomic E-state index is 12.9. The number of amides is 1. The van der Waals surface area contributed by atoms with Crippen LogP contribution in [0, 0.1) is 13.8 Å². The molecule has 0 radical (unpaired) electrons. The number of nitrogens with one attached hydrogen (secondary N) is 1. The first kappa shape index (κ1) is 26.4. The highest BCUT2D eigenvalue weighted by molar-refractivity contribution is 7.90. The molecule has 0 atom stereocenters. The van der Waals surface area contributed by atoms with Crippen molar-refractivity contribution < 1.29 is 13.2 Å². The van der Waals surface area contributed by atoms with Gasteiger partial charge in [-0.3, -0.25) is 4.79 Å². The molecule has 0 fully saturated rings. The summed E-state index contributed by atoms with van der Waals surface area (Å²) < 4.78 is 29.6. The Morgan fingerprint density at radius 3 is 2.33 bits per heavy atom. The zero-order valence-electron chi connectivity index (χ0n) is 21.4. The Hall–Kier alpha value is -4.20. The first-order valence-electron chi connectivity index (χ1n) is 12.3. The SMILES string of the molecule is Cc1ccc(S(=O)(=O)NC(=O)c2ccc3nc(C)n(Cc4ccc(C=Cc5ccccc5)cc4Cl)c3c2)cc1. The van der Waals surface area contributed by atoms with Crippen LogP contribution in [-0.4, -0.2) is 23.9 Å². The summed E-state index contributed by atoms with van der Waals surface area (Å²) in [6, 6.07) is 27.2. The number of rotatable bonds is 7. The summed E-state index contributed by atoms with van der Waals surface area (Å²) in [6.07, 6.45) is 4.04. The van der Waals surface area contributed by atoms with Gasteiger partial charge < -0.3 is 4.57 Å². The van der Waals surface area contributed by atoms with Gasteiger partial charge in [0.25, 0.3) is 15.9 Å². The van der Waals surface area contributed by atoms with E-state index in [1.807, 2.05) is 79.1 Å². The van der Waals surface area contributed by atoms with Gasteiger partial charge in [-0.1, -0.05) is 83.9 Å². The van der Waals surface area contributed by atoms with E-state index in [-0.39, 0.29) is 10.5 Å². The lowest BCUT2D eigenvalue weighted by molar-refractivity contribution is 0.0981. The first-order chi connectivity index (χ1) is 18.7. The minimum Gasteiger partial charge on any atom is -0.324 e. The topological polar surface area (TPSA) is 81.1 Å². The van der Waals surface area contributed by atoms with Crippen molar-refractivity contribution in [3.05, 3.63) is 130 Å². The number of hydrogen-bond donors (Lipinski definition) is 1. The highest BCUT2D eigenvalue weighted by atomic mass is 35.5. The van der Waals surface area contributed by atoms with Crippen molar-refractivity contribution in [2.45, 2.75) is 25.3 Å². The zero-order valence-corrected chi connectivity index (χ0v) is 23.0. The number of carbonyl (C=O) groups excluding carboxylic acids is 1. The summed E-state index contributed by atoms with van der Waals surface area (Å²) in [5.74, 6) is 0.0365. The molecule has 6 nitrogen and oxygen atoms in total. The van der Waals surface area contributed by atoms with Crippen LogP contribution in [0.5, 0.6) is 0 Å². The summed E-state index contributed by atoms with van der Waals surface area (Å²) in [6.45, 7) is 4.18. The summed E-state index contributed by atoms with van der Waals surface area (Å²) in [5, 5.41) is 0.615. The van der Waals surface area contributed by atoms with E-state index in [9.17, 15) is 13.2 Å². The number of sulfonamides is 1. The molecule has 5 aromatic rings. The summed E-state index contributed by atoms with van der Waals surface area (Å²) in [4.78, 5) is 17.6. The standard InChI is InChI=1S/C31H26ClN3O3S/c1-21-8-15-27(16-9-21)39(37,38)34-31(36)25-14-17-29-30(19-25)35(22(2)33-29)20-26-13-12-24(18-28(26)32)11-10-23-6-4-3-5-7-23/h3-19H,20H2,1-2H3,(H,34,36). The van der Waals surface area contributed by atoms with Crippen LogP contribution in [0.15, 0.2) is 95.9 Å². The van der Waals surface area contributed by atoms with Crippen molar-refractivity contribution in [3.8, 4) is 0 Å². The molecule has 0 bridgehead atoms. The normalized spacial score (nSPS) is 11.8. The van der Waals surface area contributed by atoms with Gasteiger partial charge in [0.15, 0.2) is 0 Å². The van der Waals surface area contributed by atoms with Crippen molar-refractivity contribution in [3.63, 3.8) is 0 Å². The van der Waals surface area contributed by atoms with E-state index in [0.717, 1.165) is 28.1 Å². The van der Waals surface area contributed by atoms with Gasteiger partial charge in [0.05, 0.1) is 22.5 Å². The number of aromatic nitrogens is 2. The van der Waals surface area contributed by atoms with Gasteiger partial charge in [-0.05, 0) is 66.9 Å². The van der Waals surface area contributed by atoms with Crippen LogP contribution in [-0.2, 0) is 16.6 Å². The van der Waals surface area contributed by atoms with E-state index >= 15 is 0 Å². The van der Waals surface area contributed by atoms with Gasteiger partial charge in [-0.2, -0.15) is 0 Å². The fraction of sp³-hybridized carbons (Fsp3) is 0.0968. The van der Waals surface area contributed by atoms with Crippen molar-refractivity contribution in [2.75, 3.05) is 0 Å². The number of nitrogens with zero attached hydrogens (tertiary/aromatic N) is 2. The molecule has 0 aliphatic rings. The predicted molar refractivity (Wildman–Crippen MR) is 156 cm³/mol. The number of benzene rings is 4. The molecule has 4 aromatic carbocycles. The molecule has 5 rings (SSSR count). The van der Waals surface area contributed by atoms with Crippen molar-refractivity contribution in [2.24, 2.45) is 0 Å². The third-order valence-electron chi connectivity index (χ3n) is 6.43. The molecule has 39 heavy (non-hydrogen) atoms. The molecule has 1 amide bonds. The average molecular weight is 556 g/mol. The molecule has 8 heteroatoms. The van der Waals surface area contributed by atoms with E-state index < -0.39 is 15.9 Å². The van der Waals surface area contributed by atoms with Crippen LogP contribution in [0.1, 0.15) is 38.4 Å². The molecule has 1 N–H and O–H groups in total. The molecule has 1 aromatic heterocycles. The largest absolute Gasteiger partial charge is 0.324 e. The Balaban J connectivity index is 1.39. The van der Waals surface area contributed by atoms with Crippen molar-refractivity contribution >= 4 is 50.7 Å². The number of imidazole rings is 1. The highest BCUT2D eigenvalue weighted by Crippen LogP contribution is 2.25. The van der Waals surface area contributed by atoms with Crippen LogP contribution < -0.4 is 4.72 Å². The van der Waals surface area contributed by atoms with E-state index in [2.05, 4.69) is 9.71 Å². The molecule has 0 saturated carbocycles. The second-order valence-corrected chi connectivity index (χ2v) is 11.4. The maximum atomic E-state index is 12.9. The Kier molecular flexibility index (Phi) is 7.37. The van der Waals surface area contributed by atoms with E-state index in [0.29, 0.717) is 22.6 Å².